The van der Waals surface area contributed by atoms with E-state index in [1.54, 1.807) is 0 Å². The zero-order chi connectivity index (χ0) is 19.1. The third kappa shape index (κ3) is 3.45. The average Bonchev–Trinajstić information content (AvgIpc) is 2.86. The van der Waals surface area contributed by atoms with Gasteiger partial charge in [0, 0.05) is 29.9 Å². The van der Waals surface area contributed by atoms with Crippen molar-refractivity contribution in [1.82, 2.24) is 5.32 Å². The van der Waals surface area contributed by atoms with Gasteiger partial charge in [0.2, 0.25) is 0 Å². The minimum atomic E-state index is 0.0593. The average molecular weight is 357 g/mol. The van der Waals surface area contributed by atoms with Crippen molar-refractivity contribution in [3.8, 4) is 0 Å². The summed E-state index contributed by atoms with van der Waals surface area (Å²) in [7, 11) is 0. The summed E-state index contributed by atoms with van der Waals surface area (Å²) in [4.78, 5) is 15.0. The van der Waals surface area contributed by atoms with Gasteiger partial charge >= 0.3 is 0 Å². The molecule has 0 aliphatic carbocycles. The van der Waals surface area contributed by atoms with Gasteiger partial charge in [0.1, 0.15) is 0 Å². The fourth-order valence-corrected chi connectivity index (χ4v) is 3.31. The lowest BCUT2D eigenvalue weighted by atomic mass is 9.88. The van der Waals surface area contributed by atoms with Gasteiger partial charge in [-0.15, -0.1) is 0 Å². The van der Waals surface area contributed by atoms with E-state index in [9.17, 15) is 4.79 Å². The molecule has 0 radical (unpaired) electrons. The molecule has 1 aromatic rings. The van der Waals surface area contributed by atoms with Gasteiger partial charge in [-0.2, -0.15) is 0 Å². The Kier molecular flexibility index (Phi) is 5.02. The van der Waals surface area contributed by atoms with Crippen LogP contribution in [0.15, 0.2) is 23.9 Å². The second-order valence-corrected chi connectivity index (χ2v) is 8.57. The molecule has 1 atom stereocenters. The second-order valence-electron chi connectivity index (χ2n) is 8.57. The number of hydrogen-bond donors (Lipinski definition) is 2. The SMILES string of the molecule is CC(C)N1C(=O)/C(=C2/COCCN2)c2cc(NC(C)C(C)(C)C)ccc21. The monoisotopic (exact) mass is 357 g/mol. The Labute approximate surface area is 156 Å². The molecule has 5 heteroatoms. The molecule has 1 aromatic carbocycles. The van der Waals surface area contributed by atoms with Crippen LogP contribution in [0, 0.1) is 5.41 Å². The zero-order valence-electron chi connectivity index (χ0n) is 16.8. The molecule has 3 rings (SSSR count). The molecule has 0 spiro atoms. The van der Waals surface area contributed by atoms with Crippen molar-refractivity contribution in [1.29, 1.82) is 0 Å². The molecule has 0 aromatic heterocycles. The normalized spacial score (nSPS) is 21.7. The lowest BCUT2D eigenvalue weighted by Gasteiger charge is -2.29. The molecule has 2 heterocycles. The Morgan fingerprint density at radius 3 is 2.54 bits per heavy atom. The highest BCUT2D eigenvalue weighted by atomic mass is 16.5. The number of ether oxygens (including phenoxy) is 1. The fourth-order valence-electron chi connectivity index (χ4n) is 3.31. The molecule has 2 aliphatic rings. The Bertz CT molecular complexity index is 723. The number of anilines is 2. The van der Waals surface area contributed by atoms with Crippen LogP contribution in [0.2, 0.25) is 0 Å². The molecule has 2 N–H and O–H groups in total. The first kappa shape index (κ1) is 18.8. The number of rotatable bonds is 3. The highest BCUT2D eigenvalue weighted by Crippen LogP contribution is 2.41. The largest absolute Gasteiger partial charge is 0.383 e. The quantitative estimate of drug-likeness (QED) is 0.812. The summed E-state index contributed by atoms with van der Waals surface area (Å²) >= 11 is 0. The van der Waals surface area contributed by atoms with E-state index in [0.29, 0.717) is 19.3 Å². The molecule has 1 unspecified atom stereocenters. The van der Waals surface area contributed by atoms with Crippen LogP contribution in [-0.2, 0) is 9.53 Å². The Morgan fingerprint density at radius 1 is 1.23 bits per heavy atom. The number of carbonyl (C=O) groups is 1. The van der Waals surface area contributed by atoms with E-state index in [1.165, 1.54) is 0 Å². The minimum absolute atomic E-state index is 0.0593. The van der Waals surface area contributed by atoms with Crippen molar-refractivity contribution in [2.75, 3.05) is 30.0 Å². The summed E-state index contributed by atoms with van der Waals surface area (Å²) in [5, 5.41) is 6.95. The van der Waals surface area contributed by atoms with E-state index in [4.69, 9.17) is 4.74 Å². The molecule has 0 saturated carbocycles. The molecule has 5 nitrogen and oxygen atoms in total. The van der Waals surface area contributed by atoms with E-state index in [-0.39, 0.29) is 17.4 Å². The maximum Gasteiger partial charge on any atom is 0.261 e. The standard InChI is InChI=1S/C21H31N3O2/c1-13(2)24-18-8-7-15(23-14(3)21(4,5)6)11-16(18)19(20(24)25)17-12-26-10-9-22-17/h7-8,11,13-14,22-23H,9-10,12H2,1-6H3/b19-17-. The van der Waals surface area contributed by atoms with Gasteiger partial charge in [0.25, 0.3) is 5.91 Å². The van der Waals surface area contributed by atoms with Gasteiger partial charge in [-0.1, -0.05) is 20.8 Å². The first-order valence-corrected chi connectivity index (χ1v) is 9.49. The van der Waals surface area contributed by atoms with E-state index >= 15 is 0 Å². The summed E-state index contributed by atoms with van der Waals surface area (Å²) in [5.41, 5.74) is 4.81. The maximum atomic E-state index is 13.1. The van der Waals surface area contributed by atoms with E-state index in [1.807, 2.05) is 18.7 Å². The number of nitrogens with zero attached hydrogens (tertiary/aromatic N) is 1. The van der Waals surface area contributed by atoms with E-state index in [2.05, 4.69) is 56.5 Å². The number of nitrogens with one attached hydrogen (secondary N) is 2. The fraction of sp³-hybridized carbons (Fsp3) is 0.571. The summed E-state index contributed by atoms with van der Waals surface area (Å²) in [5.74, 6) is 0.0593. The lowest BCUT2D eigenvalue weighted by molar-refractivity contribution is -0.113. The van der Waals surface area contributed by atoms with Gasteiger partial charge in [0.05, 0.1) is 30.2 Å². The molecule has 142 valence electrons. The van der Waals surface area contributed by atoms with Gasteiger partial charge in [-0.05, 0) is 44.4 Å². The third-order valence-electron chi connectivity index (χ3n) is 5.29. The van der Waals surface area contributed by atoms with Crippen molar-refractivity contribution in [2.45, 2.75) is 53.6 Å². The summed E-state index contributed by atoms with van der Waals surface area (Å²) in [6.45, 7) is 14.8. The first-order valence-electron chi connectivity index (χ1n) is 9.49. The van der Waals surface area contributed by atoms with E-state index in [0.717, 1.165) is 34.8 Å². The smallest absolute Gasteiger partial charge is 0.261 e. The van der Waals surface area contributed by atoms with Crippen LogP contribution in [0.25, 0.3) is 5.57 Å². The predicted molar refractivity (Wildman–Crippen MR) is 107 cm³/mol. The summed E-state index contributed by atoms with van der Waals surface area (Å²) < 4.78 is 5.59. The minimum Gasteiger partial charge on any atom is -0.383 e. The summed E-state index contributed by atoms with van der Waals surface area (Å²) in [6.07, 6.45) is 0. The van der Waals surface area contributed by atoms with Gasteiger partial charge in [-0.3, -0.25) is 4.79 Å². The highest BCUT2D eigenvalue weighted by Gasteiger charge is 2.37. The van der Waals surface area contributed by atoms with Crippen LogP contribution in [-0.4, -0.2) is 37.7 Å². The molecule has 2 aliphatic heterocycles. The van der Waals surface area contributed by atoms with Crippen LogP contribution in [0.5, 0.6) is 0 Å². The van der Waals surface area contributed by atoms with Gasteiger partial charge in [0.15, 0.2) is 0 Å². The number of morpholine rings is 1. The molecule has 1 saturated heterocycles. The van der Waals surface area contributed by atoms with E-state index < -0.39 is 0 Å². The van der Waals surface area contributed by atoms with Crippen LogP contribution in [0.1, 0.15) is 47.1 Å². The van der Waals surface area contributed by atoms with Crippen LogP contribution in [0.4, 0.5) is 11.4 Å². The van der Waals surface area contributed by atoms with Crippen LogP contribution < -0.4 is 15.5 Å². The van der Waals surface area contributed by atoms with Crippen molar-refractivity contribution in [3.05, 3.63) is 29.5 Å². The number of hydrogen-bond acceptors (Lipinski definition) is 4. The lowest BCUT2D eigenvalue weighted by Crippen LogP contribution is -2.35. The summed E-state index contributed by atoms with van der Waals surface area (Å²) in [6, 6.07) is 6.66. The highest BCUT2D eigenvalue weighted by molar-refractivity contribution is 6.33. The molecule has 1 amide bonds. The maximum absolute atomic E-state index is 13.1. The van der Waals surface area contributed by atoms with Gasteiger partial charge in [-0.25, -0.2) is 0 Å². The molecular formula is C21H31N3O2. The molecule has 1 fully saturated rings. The Balaban J connectivity index is 2.04. The first-order chi connectivity index (χ1) is 12.2. The number of carbonyl (C=O) groups excluding carboxylic acids is 1. The number of fused-ring (bicyclic) bond motifs is 1. The van der Waals surface area contributed by atoms with Gasteiger partial charge < -0.3 is 20.3 Å². The molecule has 0 bridgehead atoms. The van der Waals surface area contributed by atoms with Crippen molar-refractivity contribution < 1.29 is 9.53 Å². The van der Waals surface area contributed by atoms with Crippen LogP contribution >= 0.6 is 0 Å². The zero-order valence-corrected chi connectivity index (χ0v) is 16.8. The topological polar surface area (TPSA) is 53.6 Å². The Hall–Kier alpha value is -2.01. The molecule has 26 heavy (non-hydrogen) atoms. The number of benzene rings is 1. The van der Waals surface area contributed by atoms with Crippen molar-refractivity contribution in [3.63, 3.8) is 0 Å². The second kappa shape index (κ2) is 6.95. The Morgan fingerprint density at radius 2 is 1.96 bits per heavy atom. The van der Waals surface area contributed by atoms with Crippen molar-refractivity contribution in [2.24, 2.45) is 5.41 Å². The molecular weight excluding hydrogens is 326 g/mol. The van der Waals surface area contributed by atoms with Crippen molar-refractivity contribution >= 4 is 22.9 Å². The van der Waals surface area contributed by atoms with Crippen LogP contribution in [0.3, 0.4) is 0 Å². The number of amides is 1. The third-order valence-corrected chi connectivity index (χ3v) is 5.29. The predicted octanol–water partition coefficient (Wildman–Crippen LogP) is 3.62.